The Kier molecular flexibility index (Phi) is 10.8. The van der Waals surface area contributed by atoms with Gasteiger partial charge in [0.2, 0.25) is 11.8 Å². The number of aromatic nitrogens is 2. The van der Waals surface area contributed by atoms with Gasteiger partial charge >= 0.3 is 0 Å². The van der Waals surface area contributed by atoms with E-state index in [-0.39, 0.29) is 5.91 Å². The van der Waals surface area contributed by atoms with Crippen molar-refractivity contribution >= 4 is 29.1 Å². The molecule has 2 aliphatic rings. The minimum Gasteiger partial charge on any atom is -0.496 e. The number of nitrogens with one attached hydrogen (secondary N) is 2. The van der Waals surface area contributed by atoms with Gasteiger partial charge in [-0.25, -0.2) is 4.98 Å². The monoisotopic (exact) mass is 701 g/mol. The number of rotatable bonds is 11. The second kappa shape index (κ2) is 15.1. The number of likely N-dealkylation sites (tertiary alicyclic amines) is 1. The number of nitrogens with zero attached hydrogens (tertiary/aromatic N) is 3. The van der Waals surface area contributed by atoms with Crippen LogP contribution in [0.2, 0.25) is 10.0 Å². The molecule has 2 aromatic heterocycles. The van der Waals surface area contributed by atoms with Crippen LogP contribution < -0.4 is 20.1 Å². The topological polar surface area (TPSA) is 88.6 Å². The fourth-order valence-corrected chi connectivity index (χ4v) is 7.73. The minimum absolute atomic E-state index is 0.136. The highest BCUT2D eigenvalue weighted by Crippen LogP contribution is 2.43. The first-order valence-electron chi connectivity index (χ1n) is 16.9. The van der Waals surface area contributed by atoms with Crippen LogP contribution >= 0.6 is 23.2 Å². The number of hydrogen-bond acceptors (Lipinski definition) is 7. The fourth-order valence-electron chi connectivity index (χ4n) is 7.08. The molecule has 2 aromatic carbocycles. The van der Waals surface area contributed by atoms with Crippen LogP contribution in [-0.2, 0) is 17.9 Å². The number of methoxy groups -OCH3 is 2. The molecule has 1 saturated carbocycles. The number of hydrogen-bond donors (Lipinski definition) is 2. The Morgan fingerprint density at radius 3 is 2.24 bits per heavy atom. The number of halogens is 2. The van der Waals surface area contributed by atoms with Gasteiger partial charge in [0, 0.05) is 84.8 Å². The van der Waals surface area contributed by atoms with Crippen molar-refractivity contribution in [1.29, 1.82) is 0 Å². The van der Waals surface area contributed by atoms with Gasteiger partial charge in [-0.3, -0.25) is 9.78 Å². The van der Waals surface area contributed by atoms with Crippen LogP contribution in [0.3, 0.4) is 0 Å². The number of piperidine rings is 1. The molecule has 0 spiro atoms. The van der Waals surface area contributed by atoms with Crippen molar-refractivity contribution in [2.24, 2.45) is 5.41 Å². The maximum Gasteiger partial charge on any atom is 0.219 e. The number of benzene rings is 2. The van der Waals surface area contributed by atoms with Gasteiger partial charge in [-0.05, 0) is 49.3 Å². The van der Waals surface area contributed by atoms with E-state index in [1.54, 1.807) is 27.3 Å². The second-order valence-electron chi connectivity index (χ2n) is 13.9. The number of amides is 1. The normalized spacial score (nSPS) is 16.3. The predicted molar refractivity (Wildman–Crippen MR) is 197 cm³/mol. The first-order chi connectivity index (χ1) is 23.6. The molecule has 1 amide bonds. The van der Waals surface area contributed by atoms with Crippen LogP contribution in [0, 0.1) is 5.41 Å². The molecule has 6 rings (SSSR count). The Labute approximate surface area is 299 Å². The van der Waals surface area contributed by atoms with E-state index in [9.17, 15) is 4.79 Å². The highest BCUT2D eigenvalue weighted by Gasteiger charge is 2.35. The quantitative estimate of drug-likeness (QED) is 0.163. The summed E-state index contributed by atoms with van der Waals surface area (Å²) in [6.07, 6.45) is 5.96. The van der Waals surface area contributed by atoms with E-state index < -0.39 is 0 Å². The minimum atomic E-state index is 0.136. The summed E-state index contributed by atoms with van der Waals surface area (Å²) in [5, 5.41) is 8.32. The van der Waals surface area contributed by atoms with Crippen LogP contribution in [-0.4, -0.2) is 60.2 Å². The number of carbonyl (C=O) groups excluding carboxylic acids is 1. The molecule has 4 aromatic rings. The Morgan fingerprint density at radius 2 is 1.55 bits per heavy atom. The number of ether oxygens (including phenoxy) is 2. The Balaban J connectivity index is 1.20. The molecule has 49 heavy (non-hydrogen) atoms. The molecule has 3 heterocycles. The Hall–Kier alpha value is -3.69. The van der Waals surface area contributed by atoms with Gasteiger partial charge in [-0.2, -0.15) is 0 Å². The Morgan fingerprint density at radius 1 is 0.878 bits per heavy atom. The lowest BCUT2D eigenvalue weighted by molar-refractivity contribution is -0.129. The van der Waals surface area contributed by atoms with Crippen molar-refractivity contribution in [2.45, 2.75) is 71.6 Å². The molecule has 0 bridgehead atoms. The zero-order valence-electron chi connectivity index (χ0n) is 28.9. The number of carbonyl (C=O) groups is 1. The predicted octanol–water partition coefficient (Wildman–Crippen LogP) is 8.18. The SMILES string of the molecule is COc1cc(-c2nccc(-c3cccc(-c4ccc(CNC5CCN(C(C)=O)CC5)c(OC)n4)c3Cl)c2Cl)ccc1CNC1CC(C)(C)C1. The van der Waals surface area contributed by atoms with Gasteiger partial charge < -0.3 is 25.0 Å². The lowest BCUT2D eigenvalue weighted by atomic mass is 9.68. The fraction of sp³-hybridized carbons (Fsp3) is 0.410. The maximum absolute atomic E-state index is 11.7. The summed E-state index contributed by atoms with van der Waals surface area (Å²) in [4.78, 5) is 23.1. The standard InChI is InChI=1S/C39H45Cl2N5O3/c1-24(47)46-17-14-28(15-18-46)43-23-27-11-12-33(45-38(27)49-5)32-8-6-7-30(35(32)40)31-13-16-42-37(36(31)41)25-9-10-26(34(19-25)48-4)22-44-29-20-39(2,3)21-29/h6-13,16,19,28-29,43-44H,14-15,17-18,20-23H2,1-5H3. The molecule has 1 aliphatic heterocycles. The van der Waals surface area contributed by atoms with E-state index in [0.717, 1.165) is 71.6 Å². The maximum atomic E-state index is 11.7. The summed E-state index contributed by atoms with van der Waals surface area (Å²) in [6, 6.07) is 18.7. The third-order valence-corrected chi connectivity index (χ3v) is 10.6. The van der Waals surface area contributed by atoms with E-state index in [1.165, 1.54) is 12.8 Å². The lowest BCUT2D eigenvalue weighted by Gasteiger charge is -2.43. The Bertz CT molecular complexity index is 1810. The van der Waals surface area contributed by atoms with Crippen LogP contribution in [0.4, 0.5) is 0 Å². The van der Waals surface area contributed by atoms with Crippen molar-refractivity contribution in [2.75, 3.05) is 27.3 Å². The summed E-state index contributed by atoms with van der Waals surface area (Å²) in [7, 11) is 3.32. The third-order valence-electron chi connectivity index (χ3n) is 9.85. The molecule has 0 radical (unpaired) electrons. The largest absolute Gasteiger partial charge is 0.496 e. The van der Waals surface area contributed by atoms with Crippen molar-refractivity contribution in [3.05, 3.63) is 82.0 Å². The van der Waals surface area contributed by atoms with E-state index in [2.05, 4.69) is 35.5 Å². The first kappa shape index (κ1) is 35.1. The molecule has 0 unspecified atom stereocenters. The summed E-state index contributed by atoms with van der Waals surface area (Å²) >= 11 is 14.2. The lowest BCUT2D eigenvalue weighted by Crippen LogP contribution is -2.45. The molecular formula is C39H45Cl2N5O3. The molecule has 2 N–H and O–H groups in total. The summed E-state index contributed by atoms with van der Waals surface area (Å²) in [5.74, 6) is 1.47. The van der Waals surface area contributed by atoms with Gasteiger partial charge in [0.15, 0.2) is 0 Å². The third kappa shape index (κ3) is 7.88. The average molecular weight is 703 g/mol. The molecular weight excluding hydrogens is 657 g/mol. The van der Waals surface area contributed by atoms with E-state index in [0.29, 0.717) is 51.4 Å². The van der Waals surface area contributed by atoms with Crippen LogP contribution in [0.5, 0.6) is 11.6 Å². The van der Waals surface area contributed by atoms with Crippen molar-refractivity contribution in [1.82, 2.24) is 25.5 Å². The molecule has 1 saturated heterocycles. The smallest absolute Gasteiger partial charge is 0.219 e. The van der Waals surface area contributed by atoms with Crippen molar-refractivity contribution in [3.8, 4) is 45.3 Å². The van der Waals surface area contributed by atoms with Crippen molar-refractivity contribution < 1.29 is 14.3 Å². The van der Waals surface area contributed by atoms with Gasteiger partial charge in [-0.15, -0.1) is 0 Å². The molecule has 1 aliphatic carbocycles. The van der Waals surface area contributed by atoms with E-state index in [4.69, 9.17) is 37.7 Å². The van der Waals surface area contributed by atoms with Gasteiger partial charge in [0.1, 0.15) is 5.75 Å². The first-order valence-corrected chi connectivity index (χ1v) is 17.7. The zero-order chi connectivity index (χ0) is 34.7. The molecule has 2 fully saturated rings. The number of pyridine rings is 2. The summed E-state index contributed by atoms with van der Waals surface area (Å²) < 4.78 is 11.5. The van der Waals surface area contributed by atoms with Crippen molar-refractivity contribution in [3.63, 3.8) is 0 Å². The summed E-state index contributed by atoms with van der Waals surface area (Å²) in [6.45, 7) is 9.15. The highest BCUT2D eigenvalue weighted by molar-refractivity contribution is 6.39. The summed E-state index contributed by atoms with van der Waals surface area (Å²) in [5.41, 5.74) is 7.03. The van der Waals surface area contributed by atoms with Crippen LogP contribution in [0.25, 0.3) is 33.6 Å². The van der Waals surface area contributed by atoms with Gasteiger partial charge in [0.25, 0.3) is 0 Å². The van der Waals surface area contributed by atoms with Gasteiger partial charge in [-0.1, -0.05) is 73.4 Å². The second-order valence-corrected chi connectivity index (χ2v) is 14.6. The molecule has 0 atom stereocenters. The molecule has 8 nitrogen and oxygen atoms in total. The molecule has 10 heteroatoms. The van der Waals surface area contributed by atoms with Gasteiger partial charge in [0.05, 0.1) is 35.7 Å². The zero-order valence-corrected chi connectivity index (χ0v) is 30.4. The van der Waals surface area contributed by atoms with E-state index >= 15 is 0 Å². The van der Waals surface area contributed by atoms with E-state index in [1.807, 2.05) is 53.4 Å². The van der Waals surface area contributed by atoms with Crippen LogP contribution in [0.15, 0.2) is 60.8 Å². The highest BCUT2D eigenvalue weighted by atomic mass is 35.5. The average Bonchev–Trinajstić information content (AvgIpc) is 3.09. The molecule has 258 valence electrons. The van der Waals surface area contributed by atoms with Crippen LogP contribution in [0.1, 0.15) is 57.6 Å².